The molecule has 6 nitrogen and oxygen atoms in total. The zero-order chi connectivity index (χ0) is 27.7. The predicted octanol–water partition coefficient (Wildman–Crippen LogP) is 7.55. The van der Waals surface area contributed by atoms with Gasteiger partial charge in [0.25, 0.3) is 0 Å². The molecule has 1 aliphatic carbocycles. The van der Waals surface area contributed by atoms with E-state index in [0.717, 1.165) is 47.1 Å². The SMILES string of the molecule is CCCc1cc(CC(C)(Oc2ccccc2)C(=O)OCC)ccc1OCCc1nc(C2CCCCC2)oc1C. The van der Waals surface area contributed by atoms with Crippen LogP contribution in [0.1, 0.15) is 93.7 Å². The van der Waals surface area contributed by atoms with Crippen molar-refractivity contribution in [3.8, 4) is 11.5 Å². The highest BCUT2D eigenvalue weighted by Crippen LogP contribution is 2.33. The topological polar surface area (TPSA) is 70.8 Å². The molecule has 6 heteroatoms. The molecular weight excluding hydrogens is 490 g/mol. The van der Waals surface area contributed by atoms with Crippen LogP contribution in [0.4, 0.5) is 0 Å². The molecule has 1 saturated carbocycles. The zero-order valence-corrected chi connectivity index (χ0v) is 24.0. The molecule has 39 heavy (non-hydrogen) atoms. The Labute approximate surface area is 233 Å². The van der Waals surface area contributed by atoms with E-state index in [1.165, 1.54) is 32.1 Å². The van der Waals surface area contributed by atoms with Gasteiger partial charge in [0.15, 0.2) is 5.89 Å². The molecule has 1 aliphatic rings. The van der Waals surface area contributed by atoms with E-state index >= 15 is 0 Å². The van der Waals surface area contributed by atoms with Gasteiger partial charge in [0, 0.05) is 18.8 Å². The second-order valence-corrected chi connectivity index (χ2v) is 10.7. The van der Waals surface area contributed by atoms with Crippen molar-refractivity contribution in [3.63, 3.8) is 0 Å². The number of para-hydroxylation sites is 1. The van der Waals surface area contributed by atoms with Crippen LogP contribution in [0.3, 0.4) is 0 Å². The molecule has 0 spiro atoms. The molecule has 0 saturated heterocycles. The first kappa shape index (κ1) is 28.7. The fourth-order valence-corrected chi connectivity index (χ4v) is 5.38. The van der Waals surface area contributed by atoms with Crippen molar-refractivity contribution in [1.82, 2.24) is 4.98 Å². The van der Waals surface area contributed by atoms with E-state index < -0.39 is 5.60 Å². The lowest BCUT2D eigenvalue weighted by molar-refractivity contribution is -0.160. The third-order valence-electron chi connectivity index (χ3n) is 7.44. The third-order valence-corrected chi connectivity index (χ3v) is 7.44. The predicted molar refractivity (Wildman–Crippen MR) is 153 cm³/mol. The Hall–Kier alpha value is -3.28. The molecule has 1 unspecified atom stereocenters. The summed E-state index contributed by atoms with van der Waals surface area (Å²) in [5, 5.41) is 0. The van der Waals surface area contributed by atoms with Crippen molar-refractivity contribution in [2.75, 3.05) is 13.2 Å². The number of aryl methyl sites for hydroxylation is 2. The Bertz CT molecular complexity index is 1200. The van der Waals surface area contributed by atoms with E-state index in [1.807, 2.05) is 56.3 Å². The Morgan fingerprint density at radius 2 is 1.82 bits per heavy atom. The number of rotatable bonds is 13. The van der Waals surface area contributed by atoms with Gasteiger partial charge >= 0.3 is 5.97 Å². The van der Waals surface area contributed by atoms with Crippen molar-refractivity contribution in [2.45, 2.75) is 97.0 Å². The Kier molecular flexibility index (Phi) is 10.1. The summed E-state index contributed by atoms with van der Waals surface area (Å²) in [6.07, 6.45) is 9.16. The molecule has 0 amide bonds. The molecule has 1 fully saturated rings. The van der Waals surface area contributed by atoms with Gasteiger partial charge in [-0.3, -0.25) is 0 Å². The van der Waals surface area contributed by atoms with Crippen molar-refractivity contribution >= 4 is 5.97 Å². The maximum absolute atomic E-state index is 13.0. The molecule has 3 aromatic rings. The average molecular weight is 534 g/mol. The first-order valence-electron chi connectivity index (χ1n) is 14.5. The summed E-state index contributed by atoms with van der Waals surface area (Å²) in [6, 6.07) is 15.6. The van der Waals surface area contributed by atoms with Gasteiger partial charge < -0.3 is 18.6 Å². The summed E-state index contributed by atoms with van der Waals surface area (Å²) in [6.45, 7) is 8.60. The van der Waals surface area contributed by atoms with Crippen LogP contribution in [0, 0.1) is 6.92 Å². The molecule has 0 bridgehead atoms. The number of nitrogens with zero attached hydrogens (tertiary/aromatic N) is 1. The maximum atomic E-state index is 13.0. The lowest BCUT2D eigenvalue weighted by Gasteiger charge is -2.29. The lowest BCUT2D eigenvalue weighted by atomic mass is 9.89. The third kappa shape index (κ3) is 7.65. The Balaban J connectivity index is 1.44. The van der Waals surface area contributed by atoms with Gasteiger partial charge in [0.1, 0.15) is 17.3 Å². The first-order valence-corrected chi connectivity index (χ1v) is 14.5. The molecule has 1 heterocycles. The standard InChI is InChI=1S/C33H43NO5/c1-5-13-27-22-25(23-33(4,32(35)36-6-2)39-28-16-11-8-12-17-28)18-19-30(27)37-21-20-29-24(3)38-31(34-29)26-14-9-7-10-15-26/h8,11-12,16-19,22,26H,5-7,9-10,13-15,20-21,23H2,1-4H3. The highest BCUT2D eigenvalue weighted by molar-refractivity contribution is 5.80. The first-order chi connectivity index (χ1) is 18.9. The summed E-state index contributed by atoms with van der Waals surface area (Å²) in [4.78, 5) is 17.8. The summed E-state index contributed by atoms with van der Waals surface area (Å²) >= 11 is 0. The van der Waals surface area contributed by atoms with Gasteiger partial charge in [-0.25, -0.2) is 9.78 Å². The minimum atomic E-state index is -1.15. The lowest BCUT2D eigenvalue weighted by Crippen LogP contribution is -2.45. The maximum Gasteiger partial charge on any atom is 0.350 e. The Morgan fingerprint density at radius 1 is 1.05 bits per heavy atom. The van der Waals surface area contributed by atoms with Gasteiger partial charge in [-0.2, -0.15) is 0 Å². The summed E-state index contributed by atoms with van der Waals surface area (Å²) in [5.74, 6) is 3.40. The van der Waals surface area contributed by atoms with Crippen LogP contribution in [0.15, 0.2) is 52.9 Å². The number of oxazole rings is 1. The molecule has 0 radical (unpaired) electrons. The molecule has 210 valence electrons. The number of benzene rings is 2. The van der Waals surface area contributed by atoms with Crippen LogP contribution < -0.4 is 9.47 Å². The van der Waals surface area contributed by atoms with Gasteiger partial charge in [0.05, 0.1) is 18.9 Å². The van der Waals surface area contributed by atoms with Gasteiger partial charge in [-0.05, 0) is 69.4 Å². The summed E-state index contributed by atoms with van der Waals surface area (Å²) in [7, 11) is 0. The summed E-state index contributed by atoms with van der Waals surface area (Å²) < 4.78 is 23.9. The summed E-state index contributed by atoms with van der Waals surface area (Å²) in [5.41, 5.74) is 1.97. The second-order valence-electron chi connectivity index (χ2n) is 10.7. The number of esters is 1. The molecule has 0 aliphatic heterocycles. The molecule has 1 atom stereocenters. The van der Waals surface area contributed by atoms with E-state index in [4.69, 9.17) is 23.6 Å². The van der Waals surface area contributed by atoms with Gasteiger partial charge in [0.2, 0.25) is 5.60 Å². The van der Waals surface area contributed by atoms with Gasteiger partial charge in [-0.1, -0.05) is 62.9 Å². The van der Waals surface area contributed by atoms with E-state index in [1.54, 1.807) is 6.92 Å². The minimum Gasteiger partial charge on any atom is -0.493 e. The number of carbonyl (C=O) groups excluding carboxylic acids is 1. The molecule has 2 aromatic carbocycles. The van der Waals surface area contributed by atoms with E-state index in [2.05, 4.69) is 13.0 Å². The van der Waals surface area contributed by atoms with Crippen molar-refractivity contribution in [3.05, 3.63) is 77.0 Å². The van der Waals surface area contributed by atoms with E-state index in [-0.39, 0.29) is 5.97 Å². The number of ether oxygens (including phenoxy) is 3. The normalized spacial score (nSPS) is 15.5. The Morgan fingerprint density at radius 3 is 2.54 bits per heavy atom. The number of hydrogen-bond donors (Lipinski definition) is 0. The highest BCUT2D eigenvalue weighted by atomic mass is 16.6. The van der Waals surface area contributed by atoms with Gasteiger partial charge in [-0.15, -0.1) is 0 Å². The van der Waals surface area contributed by atoms with Crippen LogP contribution in [-0.2, 0) is 28.8 Å². The minimum absolute atomic E-state index is 0.299. The quantitative estimate of drug-likeness (QED) is 0.211. The van der Waals surface area contributed by atoms with E-state index in [0.29, 0.717) is 37.7 Å². The highest BCUT2D eigenvalue weighted by Gasteiger charge is 2.38. The van der Waals surface area contributed by atoms with Crippen LogP contribution >= 0.6 is 0 Å². The van der Waals surface area contributed by atoms with Crippen molar-refractivity contribution in [2.24, 2.45) is 0 Å². The van der Waals surface area contributed by atoms with Crippen molar-refractivity contribution in [1.29, 1.82) is 0 Å². The second kappa shape index (κ2) is 13.7. The van der Waals surface area contributed by atoms with E-state index in [9.17, 15) is 4.79 Å². The number of carbonyl (C=O) groups is 1. The van der Waals surface area contributed by atoms with Crippen molar-refractivity contribution < 1.29 is 23.4 Å². The smallest absolute Gasteiger partial charge is 0.350 e. The zero-order valence-electron chi connectivity index (χ0n) is 24.0. The van der Waals surface area contributed by atoms with Crippen LogP contribution in [0.2, 0.25) is 0 Å². The largest absolute Gasteiger partial charge is 0.493 e. The fourth-order valence-electron chi connectivity index (χ4n) is 5.38. The van der Waals surface area contributed by atoms with Crippen LogP contribution in [-0.4, -0.2) is 29.8 Å². The monoisotopic (exact) mass is 533 g/mol. The fraction of sp³-hybridized carbons (Fsp3) is 0.515. The molecule has 4 rings (SSSR count). The molecule has 0 N–H and O–H groups in total. The number of hydrogen-bond acceptors (Lipinski definition) is 6. The van der Waals surface area contributed by atoms with Crippen LogP contribution in [0.25, 0.3) is 0 Å². The molecular formula is C33H43NO5. The number of aromatic nitrogens is 1. The molecule has 1 aromatic heterocycles. The van der Waals surface area contributed by atoms with Crippen LogP contribution in [0.5, 0.6) is 11.5 Å². The average Bonchev–Trinajstić information content (AvgIpc) is 3.31.